The molecule has 4 rings (SSSR count). The van der Waals surface area contributed by atoms with Crippen molar-refractivity contribution in [3.05, 3.63) is 83.4 Å². The third-order valence-electron chi connectivity index (χ3n) is 4.94. The van der Waals surface area contributed by atoms with E-state index in [0.29, 0.717) is 0 Å². The van der Waals surface area contributed by atoms with Crippen molar-refractivity contribution in [1.82, 2.24) is 9.97 Å². The molecule has 0 radical (unpaired) electrons. The minimum Gasteiger partial charge on any atom is -0.397 e. The summed E-state index contributed by atoms with van der Waals surface area (Å²) in [5, 5.41) is 0. The van der Waals surface area contributed by atoms with Crippen LogP contribution in [0.3, 0.4) is 0 Å². The molecule has 0 aliphatic rings. The maximum Gasteiger partial charge on any atom is 0.138 e. The van der Waals surface area contributed by atoms with E-state index in [-0.39, 0.29) is 0 Å². The monoisotopic (exact) mass is 341 g/mol. The zero-order valence-corrected chi connectivity index (χ0v) is 15.0. The SMILES string of the molecule is Cc1ccccc1-c1nc2c(N)c(CCCc3ccccc3)ccc2[nH]1. The number of aryl methyl sites for hydroxylation is 3. The number of imidazole rings is 1. The number of nitrogens with one attached hydrogen (secondary N) is 1. The quantitative estimate of drug-likeness (QED) is 0.484. The van der Waals surface area contributed by atoms with E-state index in [0.717, 1.165) is 47.4 Å². The molecular weight excluding hydrogens is 318 g/mol. The van der Waals surface area contributed by atoms with Crippen LogP contribution in [-0.2, 0) is 12.8 Å². The van der Waals surface area contributed by atoms with Crippen LogP contribution in [0, 0.1) is 6.92 Å². The average Bonchev–Trinajstić information content (AvgIpc) is 3.10. The van der Waals surface area contributed by atoms with Gasteiger partial charge in [-0.25, -0.2) is 4.98 Å². The third kappa shape index (κ3) is 3.21. The van der Waals surface area contributed by atoms with Gasteiger partial charge in [-0.1, -0.05) is 60.7 Å². The lowest BCUT2D eigenvalue weighted by Crippen LogP contribution is -1.97. The molecule has 0 unspecified atom stereocenters. The van der Waals surface area contributed by atoms with Gasteiger partial charge in [0.1, 0.15) is 11.3 Å². The smallest absolute Gasteiger partial charge is 0.138 e. The topological polar surface area (TPSA) is 54.7 Å². The van der Waals surface area contributed by atoms with Crippen molar-refractivity contribution in [2.75, 3.05) is 5.73 Å². The molecule has 3 heteroatoms. The summed E-state index contributed by atoms with van der Waals surface area (Å²) in [7, 11) is 0. The summed E-state index contributed by atoms with van der Waals surface area (Å²) in [6.45, 7) is 2.10. The van der Waals surface area contributed by atoms with Crippen LogP contribution < -0.4 is 5.73 Å². The molecule has 26 heavy (non-hydrogen) atoms. The summed E-state index contributed by atoms with van der Waals surface area (Å²) in [5.41, 5.74) is 14.0. The number of fused-ring (bicyclic) bond motifs is 1. The van der Waals surface area contributed by atoms with Crippen molar-refractivity contribution < 1.29 is 0 Å². The molecule has 3 nitrogen and oxygen atoms in total. The Bertz CT molecular complexity index is 1030. The van der Waals surface area contributed by atoms with Gasteiger partial charge in [-0.15, -0.1) is 0 Å². The van der Waals surface area contributed by atoms with Gasteiger partial charge >= 0.3 is 0 Å². The lowest BCUT2D eigenvalue weighted by atomic mass is 10.0. The number of aromatic amines is 1. The lowest BCUT2D eigenvalue weighted by Gasteiger charge is -2.06. The van der Waals surface area contributed by atoms with Crippen LogP contribution in [-0.4, -0.2) is 9.97 Å². The number of H-pyrrole nitrogens is 1. The van der Waals surface area contributed by atoms with Crippen LogP contribution in [0.15, 0.2) is 66.7 Å². The summed E-state index contributed by atoms with van der Waals surface area (Å²) in [6, 6.07) is 23.1. The summed E-state index contributed by atoms with van der Waals surface area (Å²) in [6.07, 6.45) is 3.10. The Morgan fingerprint density at radius 1 is 0.885 bits per heavy atom. The first-order valence-corrected chi connectivity index (χ1v) is 9.09. The molecular formula is C23H23N3. The molecule has 0 aliphatic carbocycles. The van der Waals surface area contributed by atoms with Gasteiger partial charge in [0.05, 0.1) is 11.2 Å². The maximum absolute atomic E-state index is 6.45. The van der Waals surface area contributed by atoms with Crippen molar-refractivity contribution in [3.63, 3.8) is 0 Å². The number of nitrogens with zero attached hydrogens (tertiary/aromatic N) is 1. The molecule has 0 amide bonds. The Labute approximate surface area is 153 Å². The second-order valence-corrected chi connectivity index (χ2v) is 6.77. The van der Waals surface area contributed by atoms with Gasteiger partial charge in [0.25, 0.3) is 0 Å². The van der Waals surface area contributed by atoms with E-state index in [2.05, 4.69) is 66.5 Å². The fraction of sp³-hybridized carbons (Fsp3) is 0.174. The number of hydrogen-bond donors (Lipinski definition) is 2. The predicted molar refractivity (Wildman–Crippen MR) is 109 cm³/mol. The van der Waals surface area contributed by atoms with E-state index >= 15 is 0 Å². The fourth-order valence-corrected chi connectivity index (χ4v) is 3.45. The zero-order valence-electron chi connectivity index (χ0n) is 15.0. The van der Waals surface area contributed by atoms with Crippen LogP contribution in [0.25, 0.3) is 22.4 Å². The Morgan fingerprint density at radius 3 is 2.46 bits per heavy atom. The van der Waals surface area contributed by atoms with Crippen molar-refractivity contribution in [1.29, 1.82) is 0 Å². The number of hydrogen-bond acceptors (Lipinski definition) is 2. The number of benzene rings is 3. The van der Waals surface area contributed by atoms with Crippen LogP contribution in [0.2, 0.25) is 0 Å². The first-order valence-electron chi connectivity index (χ1n) is 9.09. The largest absolute Gasteiger partial charge is 0.397 e. The number of nitrogens with two attached hydrogens (primary N) is 1. The van der Waals surface area contributed by atoms with E-state index < -0.39 is 0 Å². The fourth-order valence-electron chi connectivity index (χ4n) is 3.45. The molecule has 0 aliphatic heterocycles. The molecule has 0 spiro atoms. The molecule has 3 N–H and O–H groups in total. The Hall–Kier alpha value is -3.07. The third-order valence-corrected chi connectivity index (χ3v) is 4.94. The number of nitrogen functional groups attached to an aromatic ring is 1. The molecule has 4 aromatic rings. The second-order valence-electron chi connectivity index (χ2n) is 6.77. The van der Waals surface area contributed by atoms with E-state index in [1.807, 2.05) is 12.1 Å². The van der Waals surface area contributed by atoms with Crippen LogP contribution >= 0.6 is 0 Å². The summed E-state index contributed by atoms with van der Waals surface area (Å²) < 4.78 is 0. The second kappa shape index (κ2) is 7.04. The van der Waals surface area contributed by atoms with Gasteiger partial charge in [0.15, 0.2) is 0 Å². The molecule has 1 aromatic heterocycles. The zero-order chi connectivity index (χ0) is 17.9. The van der Waals surface area contributed by atoms with Crippen molar-refractivity contribution in [3.8, 4) is 11.4 Å². The normalized spacial score (nSPS) is 11.1. The van der Waals surface area contributed by atoms with Gasteiger partial charge in [0.2, 0.25) is 0 Å². The minimum absolute atomic E-state index is 0.798. The van der Waals surface area contributed by atoms with E-state index in [9.17, 15) is 0 Å². The molecule has 0 saturated carbocycles. The average molecular weight is 341 g/mol. The summed E-state index contributed by atoms with van der Waals surface area (Å²) in [4.78, 5) is 8.20. The standard InChI is InChI=1S/C23H23N3/c1-16-8-5-6-13-19(16)23-25-20-15-14-18(21(24)22(20)26-23)12-7-11-17-9-3-2-4-10-17/h2-6,8-10,13-15H,7,11-12,24H2,1H3,(H,25,26). The Morgan fingerprint density at radius 2 is 1.65 bits per heavy atom. The highest BCUT2D eigenvalue weighted by Gasteiger charge is 2.12. The molecule has 3 aromatic carbocycles. The van der Waals surface area contributed by atoms with Gasteiger partial charge in [0, 0.05) is 5.56 Å². The molecule has 1 heterocycles. The highest BCUT2D eigenvalue weighted by molar-refractivity contribution is 5.91. The first-order chi connectivity index (χ1) is 12.7. The van der Waals surface area contributed by atoms with Crippen molar-refractivity contribution in [2.24, 2.45) is 0 Å². The number of aromatic nitrogens is 2. The van der Waals surface area contributed by atoms with E-state index in [1.165, 1.54) is 16.7 Å². The lowest BCUT2D eigenvalue weighted by molar-refractivity contribution is 0.823. The molecule has 0 saturated heterocycles. The molecule has 0 fully saturated rings. The van der Waals surface area contributed by atoms with Gasteiger partial charge in [-0.05, 0) is 48.9 Å². The number of rotatable bonds is 5. The molecule has 0 atom stereocenters. The number of anilines is 1. The first kappa shape index (κ1) is 16.4. The maximum atomic E-state index is 6.45. The summed E-state index contributed by atoms with van der Waals surface area (Å²) in [5.74, 6) is 0.881. The van der Waals surface area contributed by atoms with Gasteiger partial charge in [-0.2, -0.15) is 0 Å². The highest BCUT2D eigenvalue weighted by Crippen LogP contribution is 2.29. The highest BCUT2D eigenvalue weighted by atomic mass is 14.9. The minimum atomic E-state index is 0.798. The van der Waals surface area contributed by atoms with Crippen LogP contribution in [0.4, 0.5) is 5.69 Å². The Balaban J connectivity index is 1.58. The molecule has 0 bridgehead atoms. The Kier molecular flexibility index (Phi) is 4.44. The van der Waals surface area contributed by atoms with Gasteiger partial charge in [-0.3, -0.25) is 0 Å². The predicted octanol–water partition coefficient (Wildman–Crippen LogP) is 5.30. The van der Waals surface area contributed by atoms with Crippen LogP contribution in [0.5, 0.6) is 0 Å². The van der Waals surface area contributed by atoms with Crippen LogP contribution in [0.1, 0.15) is 23.1 Å². The van der Waals surface area contributed by atoms with E-state index in [4.69, 9.17) is 10.7 Å². The van der Waals surface area contributed by atoms with Gasteiger partial charge < -0.3 is 10.7 Å². The van der Waals surface area contributed by atoms with Crippen molar-refractivity contribution in [2.45, 2.75) is 26.2 Å². The molecule has 130 valence electrons. The summed E-state index contributed by atoms with van der Waals surface area (Å²) >= 11 is 0. The van der Waals surface area contributed by atoms with E-state index in [1.54, 1.807) is 0 Å². The van der Waals surface area contributed by atoms with Crippen molar-refractivity contribution >= 4 is 16.7 Å².